The zero-order valence-electron chi connectivity index (χ0n) is 22.6. The second kappa shape index (κ2) is 12.7. The minimum absolute atomic E-state index is 0.109. The summed E-state index contributed by atoms with van der Waals surface area (Å²) in [6.45, 7) is 1.89. The van der Waals surface area contributed by atoms with E-state index < -0.39 is 6.15 Å². The van der Waals surface area contributed by atoms with E-state index in [0.29, 0.717) is 0 Å². The van der Waals surface area contributed by atoms with Crippen molar-refractivity contribution in [2.24, 2.45) is 4.99 Å². The first-order chi connectivity index (χ1) is 19.7. The second-order valence-electron chi connectivity index (χ2n) is 9.97. The zero-order chi connectivity index (χ0) is 27.6. The van der Waals surface area contributed by atoms with Crippen LogP contribution in [0.3, 0.4) is 0 Å². The van der Waals surface area contributed by atoms with Crippen molar-refractivity contribution in [2.75, 3.05) is 0 Å². The Morgan fingerprint density at radius 2 is 0.925 bits per heavy atom. The van der Waals surface area contributed by atoms with Crippen LogP contribution in [0.4, 0.5) is 0 Å². The molecule has 3 nitrogen and oxygen atoms in total. The third-order valence-corrected chi connectivity index (χ3v) is 7.64. The molecule has 6 rings (SSSR count). The summed E-state index contributed by atoms with van der Waals surface area (Å²) in [5.41, 5.74) is 6.43. The molecule has 4 heteroatoms. The highest BCUT2D eigenvalue weighted by molar-refractivity contribution is 7.19. The first kappa shape index (κ1) is 26.6. The molecule has 2 unspecified atom stereocenters. The molecular formula is C36H32BN3. The van der Waals surface area contributed by atoms with Crippen molar-refractivity contribution in [3.8, 4) is 6.07 Å². The van der Waals surface area contributed by atoms with Gasteiger partial charge >= 0.3 is 0 Å². The number of nitrogens with one attached hydrogen (secondary N) is 1. The van der Waals surface area contributed by atoms with E-state index in [-0.39, 0.29) is 6.04 Å². The van der Waals surface area contributed by atoms with Gasteiger partial charge in [0.2, 0.25) is 5.84 Å². The zero-order valence-corrected chi connectivity index (χ0v) is 22.6. The Kier molecular flexibility index (Phi) is 8.46. The molecule has 1 aliphatic rings. The van der Waals surface area contributed by atoms with Crippen LogP contribution in [-0.4, -0.2) is 18.0 Å². The first-order valence-corrected chi connectivity index (χ1v) is 13.7. The lowest BCUT2D eigenvalue weighted by Gasteiger charge is -2.44. The van der Waals surface area contributed by atoms with Gasteiger partial charge in [0.1, 0.15) is 18.4 Å². The normalized spacial score (nSPS) is 14.8. The Balaban J connectivity index is 0.000000184. The lowest BCUT2D eigenvalue weighted by atomic mass is 9.13. The van der Waals surface area contributed by atoms with Crippen LogP contribution in [0.15, 0.2) is 169 Å². The molecule has 0 saturated carbocycles. The van der Waals surface area contributed by atoms with E-state index in [9.17, 15) is 0 Å². The molecule has 40 heavy (non-hydrogen) atoms. The van der Waals surface area contributed by atoms with Crippen molar-refractivity contribution in [3.05, 3.63) is 170 Å². The van der Waals surface area contributed by atoms with Crippen LogP contribution in [0.5, 0.6) is 0 Å². The number of quaternary nitrogens is 1. The molecule has 0 amide bonds. The highest BCUT2D eigenvalue weighted by atomic mass is 15.2. The quantitative estimate of drug-likeness (QED) is 0.343. The lowest BCUT2D eigenvalue weighted by Crippen LogP contribution is -3.12. The predicted molar refractivity (Wildman–Crippen MR) is 168 cm³/mol. The lowest BCUT2D eigenvalue weighted by molar-refractivity contribution is -0.761. The van der Waals surface area contributed by atoms with Crippen LogP contribution in [0.1, 0.15) is 12.5 Å². The summed E-state index contributed by atoms with van der Waals surface area (Å²) in [4.78, 5) is 5.31. The van der Waals surface area contributed by atoms with Crippen molar-refractivity contribution in [2.45, 2.75) is 13.0 Å². The van der Waals surface area contributed by atoms with Gasteiger partial charge in [-0.15, -0.1) is 0 Å². The number of hydrogen-bond acceptors (Lipinski definition) is 2. The Bertz CT molecular complexity index is 1430. The molecule has 5 aromatic carbocycles. The molecule has 1 heterocycles. The fourth-order valence-electron chi connectivity index (χ4n) is 5.72. The number of rotatable bonds is 6. The van der Waals surface area contributed by atoms with Crippen LogP contribution < -0.4 is 26.8 Å². The maximum absolute atomic E-state index is 8.90. The van der Waals surface area contributed by atoms with Crippen LogP contribution >= 0.6 is 0 Å². The summed E-state index contributed by atoms with van der Waals surface area (Å²) in [6, 6.07) is 55.6. The summed E-state index contributed by atoms with van der Waals surface area (Å²) in [5.74, 6) is 0.921. The number of aliphatic imine (C=N–C) groups is 1. The summed E-state index contributed by atoms with van der Waals surface area (Å²) >= 11 is 0. The number of amidine groups is 1. The van der Waals surface area contributed by atoms with Gasteiger partial charge in [-0.05, 0) is 12.1 Å². The molecule has 5 aromatic rings. The monoisotopic (exact) mass is 517 g/mol. The third kappa shape index (κ3) is 5.42. The van der Waals surface area contributed by atoms with E-state index in [2.05, 4.69) is 132 Å². The van der Waals surface area contributed by atoms with Gasteiger partial charge in [-0.25, -0.2) is 4.90 Å². The maximum atomic E-state index is 8.90. The average Bonchev–Trinajstić information content (AvgIpc) is 3.54. The SMILES string of the molecule is CC(C#N)[NH+]1C=CN=C1c1ccccc1.c1ccc([B-](c2ccccc2)(c2ccccc2)c2ccccc2)cc1. The van der Waals surface area contributed by atoms with Crippen molar-refractivity contribution in [1.29, 1.82) is 5.26 Å². The minimum Gasteiger partial charge on any atom is -0.244 e. The summed E-state index contributed by atoms with van der Waals surface area (Å²) in [5, 5.41) is 8.90. The van der Waals surface area contributed by atoms with Crippen molar-refractivity contribution >= 4 is 33.8 Å². The number of nitriles is 1. The van der Waals surface area contributed by atoms with E-state index in [4.69, 9.17) is 5.26 Å². The van der Waals surface area contributed by atoms with Crippen molar-refractivity contribution < 1.29 is 4.90 Å². The molecule has 0 fully saturated rings. The Hall–Kier alpha value is -4.98. The molecule has 0 aliphatic carbocycles. The maximum Gasteiger partial charge on any atom is 0.239 e. The second-order valence-corrected chi connectivity index (χ2v) is 9.97. The van der Waals surface area contributed by atoms with Gasteiger partial charge < -0.3 is 0 Å². The minimum atomic E-state index is -1.22. The molecule has 1 N–H and O–H groups in total. The van der Waals surface area contributed by atoms with Gasteiger partial charge in [0, 0.05) is 6.92 Å². The average molecular weight is 517 g/mol. The van der Waals surface area contributed by atoms with Gasteiger partial charge in [0.15, 0.2) is 6.04 Å². The van der Waals surface area contributed by atoms with Gasteiger partial charge in [-0.3, -0.25) is 0 Å². The van der Waals surface area contributed by atoms with E-state index in [1.54, 1.807) is 6.20 Å². The van der Waals surface area contributed by atoms with Crippen LogP contribution in [0.25, 0.3) is 0 Å². The third-order valence-electron chi connectivity index (χ3n) is 7.64. The van der Waals surface area contributed by atoms with Gasteiger partial charge in [-0.1, -0.05) is 140 Å². The van der Waals surface area contributed by atoms with E-state index in [0.717, 1.165) is 16.3 Å². The molecule has 194 valence electrons. The van der Waals surface area contributed by atoms with E-state index >= 15 is 0 Å². The van der Waals surface area contributed by atoms with Crippen LogP contribution in [0.2, 0.25) is 0 Å². The smallest absolute Gasteiger partial charge is 0.239 e. The highest BCUT2D eigenvalue weighted by Crippen LogP contribution is 2.09. The fourth-order valence-corrected chi connectivity index (χ4v) is 5.72. The Morgan fingerprint density at radius 3 is 1.27 bits per heavy atom. The first-order valence-electron chi connectivity index (χ1n) is 13.7. The van der Waals surface area contributed by atoms with Crippen molar-refractivity contribution in [1.82, 2.24) is 0 Å². The summed E-state index contributed by atoms with van der Waals surface area (Å²) in [6.07, 6.45) is 2.45. The standard InChI is InChI=1S/C24H20B.C12H11N3/c1-5-13-21(14-6-1)25(22-15-7-2-8-16-22,23-17-9-3-10-18-23)24-19-11-4-12-20-24;1-10(9-13)15-8-7-14-12(15)11-5-3-2-4-6-11/h1-20H;2-8,10H,1H3/q-1;/p+1. The van der Waals surface area contributed by atoms with E-state index in [1.165, 1.54) is 21.9 Å². The number of benzene rings is 5. The molecule has 1 aliphatic heterocycles. The summed E-state index contributed by atoms with van der Waals surface area (Å²) < 4.78 is 0. The fraction of sp³-hybridized carbons (Fsp3) is 0.0556. The number of nitrogens with zero attached hydrogens (tertiary/aromatic N) is 2. The summed E-state index contributed by atoms with van der Waals surface area (Å²) in [7, 11) is 0. The van der Waals surface area contributed by atoms with Crippen LogP contribution in [0, 0.1) is 11.3 Å². The number of hydrogen-bond donors (Lipinski definition) is 1. The van der Waals surface area contributed by atoms with Crippen LogP contribution in [-0.2, 0) is 0 Å². The molecular weight excluding hydrogens is 485 g/mol. The molecule has 0 spiro atoms. The predicted octanol–water partition coefficient (Wildman–Crippen LogP) is 3.78. The topological polar surface area (TPSA) is 40.6 Å². The van der Waals surface area contributed by atoms with Crippen molar-refractivity contribution in [3.63, 3.8) is 0 Å². The largest absolute Gasteiger partial charge is 0.244 e. The molecule has 0 bridgehead atoms. The van der Waals surface area contributed by atoms with Gasteiger partial charge in [0.05, 0.1) is 11.8 Å². The molecule has 0 aromatic heterocycles. The van der Waals surface area contributed by atoms with Gasteiger partial charge in [-0.2, -0.15) is 32.1 Å². The Morgan fingerprint density at radius 1 is 0.575 bits per heavy atom. The highest BCUT2D eigenvalue weighted by Gasteiger charge is 2.31. The molecule has 2 atom stereocenters. The van der Waals surface area contributed by atoms with Gasteiger partial charge in [0.25, 0.3) is 0 Å². The molecule has 0 radical (unpaired) electrons. The molecule has 0 saturated heterocycles. The Labute approximate surface area is 237 Å². The van der Waals surface area contributed by atoms with E-state index in [1.807, 2.05) is 43.5 Å².